The average Bonchev–Trinajstić information content (AvgIpc) is 3.18. The molecule has 1 aromatic heterocycles. The first kappa shape index (κ1) is 23.4. The van der Waals surface area contributed by atoms with E-state index in [-0.39, 0.29) is 4.90 Å². The Labute approximate surface area is 187 Å². The molecular weight excluding hydrogens is 436 g/mol. The number of hydrogen-bond acceptors (Lipinski definition) is 6. The van der Waals surface area contributed by atoms with Crippen molar-refractivity contribution in [1.82, 2.24) is 4.31 Å². The summed E-state index contributed by atoms with van der Waals surface area (Å²) in [5, 5.41) is 4.47. The molecule has 1 heterocycles. The molecule has 0 saturated carbocycles. The van der Waals surface area contributed by atoms with E-state index in [1.54, 1.807) is 38.2 Å². The topological polar surface area (TPSA) is 92.8 Å². The smallest absolute Gasteiger partial charge is 0.339 e. The van der Waals surface area contributed by atoms with Crippen molar-refractivity contribution >= 4 is 38.9 Å². The van der Waals surface area contributed by atoms with Crippen LogP contribution in [0.1, 0.15) is 53.1 Å². The van der Waals surface area contributed by atoms with Crippen LogP contribution in [0.25, 0.3) is 0 Å². The minimum atomic E-state index is -3.64. The molecule has 1 amide bonds. The van der Waals surface area contributed by atoms with E-state index in [0.29, 0.717) is 29.9 Å². The summed E-state index contributed by atoms with van der Waals surface area (Å²) in [5.74, 6) is -1.01. The Morgan fingerprint density at radius 3 is 2.58 bits per heavy atom. The number of anilines is 1. The highest BCUT2D eigenvalue weighted by atomic mass is 32.2. The summed E-state index contributed by atoms with van der Waals surface area (Å²) in [6, 6.07) is 4.62. The van der Waals surface area contributed by atoms with E-state index in [4.69, 9.17) is 4.74 Å². The van der Waals surface area contributed by atoms with Gasteiger partial charge in [0, 0.05) is 29.0 Å². The highest BCUT2D eigenvalue weighted by molar-refractivity contribution is 7.89. The quantitative estimate of drug-likeness (QED) is 0.601. The van der Waals surface area contributed by atoms with Crippen LogP contribution in [0.2, 0.25) is 0 Å². The Kier molecular flexibility index (Phi) is 7.51. The van der Waals surface area contributed by atoms with Gasteiger partial charge in [0.2, 0.25) is 10.0 Å². The summed E-state index contributed by atoms with van der Waals surface area (Å²) in [6.45, 7) is 5.60. The molecular formula is C22H28N2O5S2. The molecule has 0 bridgehead atoms. The third kappa shape index (κ3) is 5.16. The summed E-state index contributed by atoms with van der Waals surface area (Å²) in [6.07, 6.45) is 4.03. The predicted molar refractivity (Wildman–Crippen MR) is 121 cm³/mol. The number of amides is 1. The van der Waals surface area contributed by atoms with Crippen molar-refractivity contribution < 1.29 is 22.7 Å². The highest BCUT2D eigenvalue weighted by Gasteiger charge is 2.24. The molecule has 1 aliphatic rings. The first-order valence-electron chi connectivity index (χ1n) is 10.4. The first-order chi connectivity index (χ1) is 14.8. The minimum Gasteiger partial charge on any atom is -0.452 e. The zero-order valence-corrected chi connectivity index (χ0v) is 19.7. The molecule has 168 valence electrons. The normalized spacial score (nSPS) is 13.7. The molecule has 0 radical (unpaired) electrons. The van der Waals surface area contributed by atoms with Crippen LogP contribution in [0.5, 0.6) is 0 Å². The van der Waals surface area contributed by atoms with Gasteiger partial charge in [0.15, 0.2) is 6.61 Å². The van der Waals surface area contributed by atoms with Crippen molar-refractivity contribution in [2.45, 2.75) is 51.3 Å². The molecule has 1 aromatic carbocycles. The van der Waals surface area contributed by atoms with Gasteiger partial charge in [0.1, 0.15) is 0 Å². The molecule has 0 aliphatic heterocycles. The maximum absolute atomic E-state index is 12.8. The van der Waals surface area contributed by atoms with Gasteiger partial charge in [-0.15, -0.1) is 11.3 Å². The predicted octanol–water partition coefficient (Wildman–Crippen LogP) is 3.76. The van der Waals surface area contributed by atoms with Crippen molar-refractivity contribution in [2.75, 3.05) is 25.0 Å². The Morgan fingerprint density at radius 1 is 1.16 bits per heavy atom. The second-order valence-corrected chi connectivity index (χ2v) is 10.4. The summed E-state index contributed by atoms with van der Waals surface area (Å²) in [7, 11) is -3.64. The number of rotatable bonds is 8. The summed E-state index contributed by atoms with van der Waals surface area (Å²) in [4.78, 5) is 26.2. The van der Waals surface area contributed by atoms with Gasteiger partial charge in [0.25, 0.3) is 5.91 Å². The van der Waals surface area contributed by atoms with Crippen molar-refractivity contribution in [2.24, 2.45) is 0 Å². The van der Waals surface area contributed by atoms with Crippen LogP contribution in [0, 0.1) is 6.92 Å². The van der Waals surface area contributed by atoms with Crippen LogP contribution >= 0.6 is 11.3 Å². The molecule has 2 aromatic rings. The number of thiophene rings is 1. The van der Waals surface area contributed by atoms with Crippen molar-refractivity contribution in [3.8, 4) is 0 Å². The molecule has 0 unspecified atom stereocenters. The lowest BCUT2D eigenvalue weighted by atomic mass is 9.96. The van der Waals surface area contributed by atoms with Gasteiger partial charge < -0.3 is 10.1 Å². The molecule has 31 heavy (non-hydrogen) atoms. The van der Waals surface area contributed by atoms with Gasteiger partial charge in [-0.2, -0.15) is 4.31 Å². The number of carbonyl (C=O) groups is 2. The molecule has 7 nitrogen and oxygen atoms in total. The second kappa shape index (κ2) is 9.93. The number of esters is 1. The Balaban J connectivity index is 1.67. The third-order valence-electron chi connectivity index (χ3n) is 5.44. The number of ether oxygens (including phenoxy) is 1. The molecule has 3 rings (SSSR count). The second-order valence-electron chi connectivity index (χ2n) is 7.45. The standard InChI is InChI=1S/C22H28N2O5S2/c1-4-24(5-2)31(27,28)16-11-10-15(3)19(12-16)23-21(25)13-29-22(26)18-14-30-20-9-7-6-8-17(18)20/h10-12,14H,4-9,13H2,1-3H3,(H,23,25). The van der Waals surface area contributed by atoms with Crippen molar-refractivity contribution in [3.63, 3.8) is 0 Å². The van der Waals surface area contributed by atoms with Gasteiger partial charge in [0.05, 0.1) is 10.5 Å². The Bertz CT molecular complexity index is 1070. The molecule has 1 aliphatic carbocycles. The zero-order valence-electron chi connectivity index (χ0n) is 18.1. The fourth-order valence-corrected chi connectivity index (χ4v) is 6.27. The van der Waals surface area contributed by atoms with Crippen LogP contribution in [-0.2, 0) is 32.4 Å². The fourth-order valence-electron chi connectivity index (χ4n) is 3.67. The van der Waals surface area contributed by atoms with Crippen LogP contribution in [0.15, 0.2) is 28.5 Å². The average molecular weight is 465 g/mol. The lowest BCUT2D eigenvalue weighted by molar-refractivity contribution is -0.119. The summed E-state index contributed by atoms with van der Waals surface area (Å²) in [5.41, 5.74) is 2.69. The van der Waals surface area contributed by atoms with Crippen LogP contribution in [0.4, 0.5) is 5.69 Å². The molecule has 0 spiro atoms. The largest absolute Gasteiger partial charge is 0.452 e. The van der Waals surface area contributed by atoms with E-state index in [0.717, 1.165) is 31.2 Å². The number of carbonyl (C=O) groups excluding carboxylic acids is 2. The van der Waals surface area contributed by atoms with E-state index >= 15 is 0 Å². The van der Waals surface area contributed by atoms with Crippen molar-refractivity contribution in [3.05, 3.63) is 45.1 Å². The van der Waals surface area contributed by atoms with E-state index in [2.05, 4.69) is 5.32 Å². The Morgan fingerprint density at radius 2 is 1.87 bits per heavy atom. The number of sulfonamides is 1. The fraction of sp³-hybridized carbons (Fsp3) is 0.455. The molecule has 0 atom stereocenters. The third-order valence-corrected chi connectivity index (χ3v) is 8.58. The molecule has 1 N–H and O–H groups in total. The van der Waals surface area contributed by atoms with Crippen molar-refractivity contribution in [1.29, 1.82) is 0 Å². The first-order valence-corrected chi connectivity index (χ1v) is 12.8. The van der Waals surface area contributed by atoms with E-state index in [1.165, 1.54) is 21.3 Å². The monoisotopic (exact) mass is 464 g/mol. The number of aryl methyl sites for hydroxylation is 2. The summed E-state index contributed by atoms with van der Waals surface area (Å²) >= 11 is 1.57. The van der Waals surface area contributed by atoms with Crippen LogP contribution < -0.4 is 5.32 Å². The number of hydrogen-bond donors (Lipinski definition) is 1. The maximum atomic E-state index is 12.8. The maximum Gasteiger partial charge on any atom is 0.339 e. The molecule has 0 saturated heterocycles. The zero-order chi connectivity index (χ0) is 22.6. The van der Waals surface area contributed by atoms with E-state index < -0.39 is 28.5 Å². The number of fused-ring (bicyclic) bond motifs is 1. The highest BCUT2D eigenvalue weighted by Crippen LogP contribution is 2.30. The van der Waals surface area contributed by atoms with E-state index in [9.17, 15) is 18.0 Å². The SMILES string of the molecule is CCN(CC)S(=O)(=O)c1ccc(C)c(NC(=O)COC(=O)c2csc3c2CCCC3)c1. The lowest BCUT2D eigenvalue weighted by Gasteiger charge is -2.19. The van der Waals surface area contributed by atoms with E-state index in [1.807, 2.05) is 5.38 Å². The van der Waals surface area contributed by atoms with Crippen LogP contribution in [-0.4, -0.2) is 44.3 Å². The Hall–Kier alpha value is -2.23. The number of nitrogens with zero attached hydrogens (tertiary/aromatic N) is 1. The minimum absolute atomic E-state index is 0.110. The van der Waals surface area contributed by atoms with Gasteiger partial charge in [-0.3, -0.25) is 4.79 Å². The van der Waals surface area contributed by atoms with Gasteiger partial charge in [-0.1, -0.05) is 19.9 Å². The van der Waals surface area contributed by atoms with Gasteiger partial charge in [-0.05, 0) is 55.9 Å². The number of nitrogens with one attached hydrogen (secondary N) is 1. The van der Waals surface area contributed by atoms with Gasteiger partial charge in [-0.25, -0.2) is 13.2 Å². The van der Waals surface area contributed by atoms with Gasteiger partial charge >= 0.3 is 5.97 Å². The lowest BCUT2D eigenvalue weighted by Crippen LogP contribution is -2.30. The molecule has 0 fully saturated rings. The summed E-state index contributed by atoms with van der Waals surface area (Å²) < 4.78 is 32.1. The van der Waals surface area contributed by atoms with Crippen LogP contribution in [0.3, 0.4) is 0 Å². The molecule has 9 heteroatoms. The number of benzene rings is 1.